The second kappa shape index (κ2) is 10.1. The van der Waals surface area contributed by atoms with E-state index in [9.17, 15) is 9.59 Å². The number of amides is 1. The average Bonchev–Trinajstić information content (AvgIpc) is 2.96. The van der Waals surface area contributed by atoms with E-state index in [4.69, 9.17) is 19.9 Å². The molecule has 0 bridgehead atoms. The lowest BCUT2D eigenvalue weighted by Crippen LogP contribution is -2.70. The lowest BCUT2D eigenvalue weighted by atomic mass is 10.0. The van der Waals surface area contributed by atoms with Crippen molar-refractivity contribution >= 4 is 11.9 Å². The summed E-state index contributed by atoms with van der Waals surface area (Å²) in [7, 11) is 0. The van der Waals surface area contributed by atoms with Crippen LogP contribution in [0.1, 0.15) is 27.2 Å². The largest absolute Gasteiger partial charge is 0.466 e. The number of carbonyl (C=O) groups is 2. The fraction of sp³-hybridized carbons (Fsp3) is 0.875. The molecule has 0 radical (unpaired) electrons. The highest BCUT2D eigenvalue weighted by Gasteiger charge is 2.43. The van der Waals surface area contributed by atoms with Crippen LogP contribution < -0.4 is 21.7 Å². The molecule has 0 aromatic heterocycles. The van der Waals surface area contributed by atoms with Gasteiger partial charge >= 0.3 is 5.97 Å². The van der Waals surface area contributed by atoms with Crippen molar-refractivity contribution in [2.45, 2.75) is 52.0 Å². The van der Waals surface area contributed by atoms with E-state index in [0.717, 1.165) is 0 Å². The van der Waals surface area contributed by atoms with Gasteiger partial charge in [0.1, 0.15) is 12.3 Å². The first-order valence-electron chi connectivity index (χ1n) is 9.10. The number of ether oxygens (including phenoxy) is 3. The van der Waals surface area contributed by atoms with Gasteiger partial charge in [0.2, 0.25) is 5.91 Å². The smallest absolute Gasteiger partial charge is 0.302 e. The topological polar surface area (TPSA) is 127 Å². The third-order valence-electron chi connectivity index (χ3n) is 4.40. The summed E-state index contributed by atoms with van der Waals surface area (Å²) in [4.78, 5) is 25.4. The van der Waals surface area contributed by atoms with Crippen LogP contribution in [0.2, 0.25) is 0 Å². The van der Waals surface area contributed by atoms with Gasteiger partial charge in [-0.05, 0) is 13.8 Å². The number of nitrogens with zero attached hydrogens (tertiary/aromatic N) is 1. The number of rotatable bonds is 10. The van der Waals surface area contributed by atoms with Crippen LogP contribution >= 0.6 is 0 Å². The third-order valence-corrected chi connectivity index (χ3v) is 4.40. The minimum Gasteiger partial charge on any atom is -0.466 e. The molecular weight excluding hydrogens is 342 g/mol. The quantitative estimate of drug-likeness (QED) is 0.266. The van der Waals surface area contributed by atoms with Gasteiger partial charge in [-0.25, -0.2) is 0 Å². The van der Waals surface area contributed by atoms with Crippen LogP contribution in [0.3, 0.4) is 0 Å². The van der Waals surface area contributed by atoms with Crippen LogP contribution in [0.4, 0.5) is 0 Å². The summed E-state index contributed by atoms with van der Waals surface area (Å²) >= 11 is 0. The van der Waals surface area contributed by atoms with Gasteiger partial charge in [0.25, 0.3) is 0 Å². The molecule has 0 aromatic carbocycles. The Hall–Kier alpha value is -1.30. The number of nitrogens with one attached hydrogen (secondary N) is 3. The van der Waals surface area contributed by atoms with Gasteiger partial charge in [0, 0.05) is 39.0 Å². The van der Waals surface area contributed by atoms with Crippen molar-refractivity contribution < 1.29 is 23.8 Å². The molecule has 2 saturated heterocycles. The van der Waals surface area contributed by atoms with Crippen molar-refractivity contribution in [1.29, 1.82) is 0 Å². The molecule has 10 nitrogen and oxygen atoms in total. The van der Waals surface area contributed by atoms with Crippen LogP contribution in [0, 0.1) is 5.92 Å². The number of hydrogen-bond donors (Lipinski definition) is 4. The zero-order valence-corrected chi connectivity index (χ0v) is 15.7. The Morgan fingerprint density at radius 3 is 2.65 bits per heavy atom. The summed E-state index contributed by atoms with van der Waals surface area (Å²) in [6.07, 6.45) is -0.572. The number of esters is 1. The van der Waals surface area contributed by atoms with E-state index >= 15 is 0 Å². The van der Waals surface area contributed by atoms with Crippen molar-refractivity contribution in [3.05, 3.63) is 0 Å². The van der Waals surface area contributed by atoms with Gasteiger partial charge in [-0.1, -0.05) is 0 Å². The standard InChI is InChI=1S/C16H31N5O5/c1-4-24-12(25-5-2)6-11(8-26-10(3)22)7-21-9-18-13-14(21)19-16(17)20-15(13)23/h11-14,16,18-19H,4-9,17H2,1-3H3,(H,20,23)/t11-,13?,14?,16?/m1/s1. The number of fused-ring (bicyclic) bond motifs is 1. The lowest BCUT2D eigenvalue weighted by molar-refractivity contribution is -0.156. The summed E-state index contributed by atoms with van der Waals surface area (Å²) < 4.78 is 16.5. The fourth-order valence-electron chi connectivity index (χ4n) is 3.31. The van der Waals surface area contributed by atoms with Crippen molar-refractivity contribution in [3.8, 4) is 0 Å². The Morgan fingerprint density at radius 1 is 1.35 bits per heavy atom. The first-order valence-corrected chi connectivity index (χ1v) is 9.10. The normalized spacial score (nSPS) is 27.3. The molecule has 0 aromatic rings. The van der Waals surface area contributed by atoms with E-state index < -0.39 is 6.29 Å². The molecular formula is C16H31N5O5. The summed E-state index contributed by atoms with van der Waals surface area (Å²) in [6.45, 7) is 7.69. The second-order valence-corrected chi connectivity index (χ2v) is 6.45. The molecule has 0 aliphatic carbocycles. The van der Waals surface area contributed by atoms with Gasteiger partial charge in [-0.2, -0.15) is 0 Å². The summed E-state index contributed by atoms with van der Waals surface area (Å²) in [5.41, 5.74) is 5.83. The van der Waals surface area contributed by atoms with E-state index in [1.807, 2.05) is 13.8 Å². The lowest BCUT2D eigenvalue weighted by Gasteiger charge is -2.36. The molecule has 1 amide bonds. The minimum absolute atomic E-state index is 0.00874. The van der Waals surface area contributed by atoms with E-state index in [-0.39, 0.29) is 42.9 Å². The molecule has 2 heterocycles. The maximum atomic E-state index is 12.1. The third kappa shape index (κ3) is 5.86. The first kappa shape index (κ1) is 21.0. The van der Waals surface area contributed by atoms with Gasteiger partial charge in [-0.15, -0.1) is 0 Å². The Balaban J connectivity index is 2.00. The predicted octanol–water partition coefficient (Wildman–Crippen LogP) is -1.53. The second-order valence-electron chi connectivity index (χ2n) is 6.45. The van der Waals surface area contributed by atoms with Crippen LogP contribution in [-0.4, -0.2) is 74.6 Å². The molecule has 150 valence electrons. The van der Waals surface area contributed by atoms with Gasteiger partial charge in [0.15, 0.2) is 6.29 Å². The number of nitrogens with two attached hydrogens (primary N) is 1. The SMILES string of the molecule is CCOC(C[C@@H](COC(C)=O)CN1CNC2C(=O)NC(N)NC21)OCC. The van der Waals surface area contributed by atoms with Gasteiger partial charge < -0.3 is 19.5 Å². The molecule has 26 heavy (non-hydrogen) atoms. The van der Waals surface area contributed by atoms with E-state index in [1.54, 1.807) is 0 Å². The van der Waals surface area contributed by atoms with Crippen LogP contribution in [-0.2, 0) is 23.8 Å². The Kier molecular flexibility index (Phi) is 8.19. The Morgan fingerprint density at radius 2 is 2.04 bits per heavy atom. The summed E-state index contributed by atoms with van der Waals surface area (Å²) in [5, 5.41) is 9.01. The number of carbonyl (C=O) groups excluding carboxylic acids is 2. The molecule has 0 saturated carbocycles. The molecule has 10 heteroatoms. The predicted molar refractivity (Wildman–Crippen MR) is 93.3 cm³/mol. The molecule has 5 N–H and O–H groups in total. The van der Waals surface area contributed by atoms with E-state index in [0.29, 0.717) is 32.8 Å². The average molecular weight is 373 g/mol. The van der Waals surface area contributed by atoms with Crippen LogP contribution in [0.25, 0.3) is 0 Å². The molecule has 2 aliphatic heterocycles. The molecule has 0 spiro atoms. The minimum atomic E-state index is -0.585. The molecule has 4 atom stereocenters. The van der Waals surface area contributed by atoms with E-state index in [2.05, 4.69) is 20.9 Å². The van der Waals surface area contributed by atoms with Crippen molar-refractivity contribution in [2.75, 3.05) is 33.0 Å². The maximum absolute atomic E-state index is 12.1. The summed E-state index contributed by atoms with van der Waals surface area (Å²) in [5.74, 6) is -0.457. The van der Waals surface area contributed by atoms with Crippen molar-refractivity contribution in [3.63, 3.8) is 0 Å². The molecule has 2 fully saturated rings. The first-order chi connectivity index (χ1) is 12.4. The van der Waals surface area contributed by atoms with Crippen molar-refractivity contribution in [1.82, 2.24) is 20.9 Å². The zero-order chi connectivity index (χ0) is 19.1. The zero-order valence-electron chi connectivity index (χ0n) is 15.7. The fourth-order valence-corrected chi connectivity index (χ4v) is 3.31. The molecule has 2 rings (SSSR count). The maximum Gasteiger partial charge on any atom is 0.302 e. The highest BCUT2D eigenvalue weighted by Crippen LogP contribution is 2.19. The van der Waals surface area contributed by atoms with Gasteiger partial charge in [0.05, 0.1) is 19.4 Å². The highest BCUT2D eigenvalue weighted by molar-refractivity contribution is 5.83. The Labute approximate surface area is 154 Å². The highest BCUT2D eigenvalue weighted by atomic mass is 16.7. The Bertz CT molecular complexity index is 474. The van der Waals surface area contributed by atoms with Crippen molar-refractivity contribution in [2.24, 2.45) is 11.7 Å². The van der Waals surface area contributed by atoms with Crippen LogP contribution in [0.5, 0.6) is 0 Å². The molecule has 2 aliphatic rings. The number of hydrogen-bond acceptors (Lipinski definition) is 9. The van der Waals surface area contributed by atoms with Gasteiger partial charge in [-0.3, -0.25) is 30.9 Å². The molecule has 3 unspecified atom stereocenters. The van der Waals surface area contributed by atoms with E-state index in [1.165, 1.54) is 6.92 Å². The summed E-state index contributed by atoms with van der Waals surface area (Å²) in [6, 6.07) is -0.362. The monoisotopic (exact) mass is 373 g/mol. The van der Waals surface area contributed by atoms with Crippen LogP contribution in [0.15, 0.2) is 0 Å².